The van der Waals surface area contributed by atoms with Crippen LogP contribution in [0, 0.1) is 11.8 Å². The minimum atomic E-state index is -0.341. The number of β-amino-alcohol motifs (C(OH)–C–C–N with tert-alkyl or cyclic N) is 1. The molecular weight excluding hydrogens is 289 g/mol. The predicted octanol–water partition coefficient (Wildman–Crippen LogP) is 0.113. The largest absolute Gasteiger partial charge is 0.391 e. The molecule has 1 saturated heterocycles. The first kappa shape index (κ1) is 21.2. The molecule has 1 fully saturated rings. The summed E-state index contributed by atoms with van der Waals surface area (Å²) in [7, 11) is 3.83. The summed E-state index contributed by atoms with van der Waals surface area (Å²) in [5, 5.41) is 15.7. The Labute approximate surface area is 128 Å². The summed E-state index contributed by atoms with van der Waals surface area (Å²) in [6.45, 7) is 6.02. The van der Waals surface area contributed by atoms with E-state index in [0.29, 0.717) is 13.1 Å². The second-order valence-electron chi connectivity index (χ2n) is 5.38. The average molecular weight is 316 g/mol. The van der Waals surface area contributed by atoms with Crippen LogP contribution in [-0.2, 0) is 4.79 Å². The van der Waals surface area contributed by atoms with Crippen molar-refractivity contribution in [1.82, 2.24) is 15.5 Å². The van der Waals surface area contributed by atoms with E-state index in [1.165, 1.54) is 0 Å². The van der Waals surface area contributed by atoms with Crippen molar-refractivity contribution in [3.8, 4) is 0 Å². The van der Waals surface area contributed by atoms with E-state index in [0.717, 1.165) is 6.54 Å². The van der Waals surface area contributed by atoms with E-state index in [4.69, 9.17) is 0 Å². The van der Waals surface area contributed by atoms with Crippen LogP contribution in [0.1, 0.15) is 13.8 Å². The molecule has 1 rings (SSSR count). The van der Waals surface area contributed by atoms with Crippen LogP contribution in [-0.4, -0.2) is 61.8 Å². The third-order valence-corrected chi connectivity index (χ3v) is 3.30. The van der Waals surface area contributed by atoms with Gasteiger partial charge in [0.15, 0.2) is 0 Å². The van der Waals surface area contributed by atoms with Crippen LogP contribution in [0.3, 0.4) is 0 Å². The van der Waals surface area contributed by atoms with E-state index < -0.39 is 0 Å². The molecule has 3 N–H and O–H groups in total. The molecule has 1 heterocycles. The number of rotatable bonds is 5. The zero-order chi connectivity index (χ0) is 13.0. The van der Waals surface area contributed by atoms with Gasteiger partial charge in [-0.15, -0.1) is 24.8 Å². The van der Waals surface area contributed by atoms with Gasteiger partial charge in [0.2, 0.25) is 5.91 Å². The van der Waals surface area contributed by atoms with Crippen molar-refractivity contribution in [2.24, 2.45) is 11.8 Å². The summed E-state index contributed by atoms with van der Waals surface area (Å²) in [5.41, 5.74) is 0. The highest BCUT2D eigenvalue weighted by atomic mass is 35.5. The predicted molar refractivity (Wildman–Crippen MR) is 82.2 cm³/mol. The van der Waals surface area contributed by atoms with Crippen LogP contribution in [0.25, 0.3) is 0 Å². The first-order chi connectivity index (χ1) is 7.93. The van der Waals surface area contributed by atoms with Crippen molar-refractivity contribution in [2.75, 3.05) is 33.7 Å². The number of aliphatic hydroxyl groups excluding tert-OH is 1. The quantitative estimate of drug-likeness (QED) is 0.674. The number of halogens is 2. The summed E-state index contributed by atoms with van der Waals surface area (Å²) in [5.74, 6) is 0.453. The van der Waals surface area contributed by atoms with E-state index in [1.807, 2.05) is 32.8 Å². The smallest absolute Gasteiger partial charge is 0.237 e. The van der Waals surface area contributed by atoms with E-state index in [-0.39, 0.29) is 54.7 Å². The molecule has 7 heteroatoms. The van der Waals surface area contributed by atoms with Crippen molar-refractivity contribution in [3.05, 3.63) is 0 Å². The Kier molecular flexibility index (Phi) is 10.9. The third kappa shape index (κ3) is 6.27. The van der Waals surface area contributed by atoms with Crippen molar-refractivity contribution >= 4 is 30.7 Å². The first-order valence-corrected chi connectivity index (χ1v) is 6.26. The van der Waals surface area contributed by atoms with Crippen LogP contribution in [0.5, 0.6) is 0 Å². The number of carbonyl (C=O) groups is 1. The molecule has 2 unspecified atom stereocenters. The molecule has 0 aromatic carbocycles. The summed E-state index contributed by atoms with van der Waals surface area (Å²) < 4.78 is 0. The zero-order valence-corrected chi connectivity index (χ0v) is 13.7. The van der Waals surface area contributed by atoms with Gasteiger partial charge in [-0.1, -0.05) is 13.8 Å². The third-order valence-electron chi connectivity index (χ3n) is 3.30. The van der Waals surface area contributed by atoms with Gasteiger partial charge in [0, 0.05) is 25.6 Å². The van der Waals surface area contributed by atoms with Gasteiger partial charge in [-0.2, -0.15) is 0 Å². The van der Waals surface area contributed by atoms with Crippen molar-refractivity contribution in [2.45, 2.75) is 26.0 Å². The Bertz CT molecular complexity index is 257. The number of nitrogens with one attached hydrogen (secondary N) is 2. The fourth-order valence-corrected chi connectivity index (χ4v) is 2.40. The number of likely N-dealkylation sites (N-methyl/N-ethyl adjacent to an activating group) is 1. The maximum Gasteiger partial charge on any atom is 0.237 e. The Morgan fingerprint density at radius 3 is 2.32 bits per heavy atom. The molecule has 0 aromatic heterocycles. The molecule has 0 bridgehead atoms. The molecule has 0 aliphatic carbocycles. The topological polar surface area (TPSA) is 64.6 Å². The second-order valence-corrected chi connectivity index (χ2v) is 5.38. The molecule has 1 aliphatic rings. The molecule has 1 aliphatic heterocycles. The lowest BCUT2D eigenvalue weighted by atomic mass is 10.0. The summed E-state index contributed by atoms with van der Waals surface area (Å²) >= 11 is 0. The molecule has 0 radical (unpaired) electrons. The van der Waals surface area contributed by atoms with Crippen LogP contribution < -0.4 is 10.6 Å². The van der Waals surface area contributed by atoms with E-state index in [9.17, 15) is 9.90 Å². The SMILES string of the molecule is CC(C)[C@H](C(=O)NCC1CNCC1O)N(C)C.Cl.Cl. The van der Waals surface area contributed by atoms with Gasteiger partial charge < -0.3 is 15.7 Å². The molecule has 3 atom stereocenters. The Morgan fingerprint density at radius 1 is 1.37 bits per heavy atom. The second kappa shape index (κ2) is 9.77. The molecule has 5 nitrogen and oxygen atoms in total. The molecule has 116 valence electrons. The number of hydrogen-bond donors (Lipinski definition) is 3. The lowest BCUT2D eigenvalue weighted by molar-refractivity contribution is -0.127. The van der Waals surface area contributed by atoms with E-state index >= 15 is 0 Å². The number of hydrogen-bond acceptors (Lipinski definition) is 4. The normalized spacial score (nSPS) is 23.7. The minimum absolute atomic E-state index is 0. The Hall–Kier alpha value is -0.0700. The summed E-state index contributed by atoms with van der Waals surface area (Å²) in [6.07, 6.45) is -0.341. The molecular formula is C12H27Cl2N3O2. The van der Waals surface area contributed by atoms with Gasteiger partial charge in [-0.25, -0.2) is 0 Å². The summed E-state index contributed by atoms with van der Waals surface area (Å²) in [6, 6.07) is -0.110. The van der Waals surface area contributed by atoms with Crippen LogP contribution in [0.4, 0.5) is 0 Å². The summed E-state index contributed by atoms with van der Waals surface area (Å²) in [4.78, 5) is 14.0. The maximum absolute atomic E-state index is 12.0. The molecule has 0 aromatic rings. The highest BCUT2D eigenvalue weighted by molar-refractivity contribution is 5.85. The van der Waals surface area contributed by atoms with Crippen LogP contribution in [0.15, 0.2) is 0 Å². The fraction of sp³-hybridized carbons (Fsp3) is 0.917. The molecule has 19 heavy (non-hydrogen) atoms. The average Bonchev–Trinajstić information content (AvgIpc) is 2.59. The van der Waals surface area contributed by atoms with Gasteiger partial charge in [0.1, 0.15) is 0 Å². The van der Waals surface area contributed by atoms with E-state index in [2.05, 4.69) is 10.6 Å². The van der Waals surface area contributed by atoms with Gasteiger partial charge in [0.05, 0.1) is 12.1 Å². The minimum Gasteiger partial charge on any atom is -0.391 e. The lowest BCUT2D eigenvalue weighted by Gasteiger charge is -2.27. The van der Waals surface area contributed by atoms with Gasteiger partial charge in [0.25, 0.3) is 0 Å². The van der Waals surface area contributed by atoms with Gasteiger partial charge in [-0.3, -0.25) is 9.69 Å². The monoisotopic (exact) mass is 315 g/mol. The number of aliphatic hydroxyl groups is 1. The van der Waals surface area contributed by atoms with Crippen molar-refractivity contribution in [1.29, 1.82) is 0 Å². The van der Waals surface area contributed by atoms with Crippen LogP contribution >= 0.6 is 24.8 Å². The van der Waals surface area contributed by atoms with Crippen molar-refractivity contribution < 1.29 is 9.90 Å². The molecule has 0 spiro atoms. The standard InChI is InChI=1S/C12H25N3O2.2ClH/c1-8(2)11(15(3)4)12(17)14-6-9-5-13-7-10(9)16;;/h8-11,13,16H,5-7H2,1-4H3,(H,14,17);2*1H/t9?,10?,11-;;/m1../s1. The first-order valence-electron chi connectivity index (χ1n) is 6.26. The Balaban J connectivity index is 0. The number of nitrogens with zero attached hydrogens (tertiary/aromatic N) is 1. The molecule has 0 saturated carbocycles. The molecule has 1 amide bonds. The highest BCUT2D eigenvalue weighted by Gasteiger charge is 2.28. The Morgan fingerprint density at radius 2 is 1.95 bits per heavy atom. The number of amides is 1. The van der Waals surface area contributed by atoms with Gasteiger partial charge >= 0.3 is 0 Å². The maximum atomic E-state index is 12.0. The fourth-order valence-electron chi connectivity index (χ4n) is 2.40. The highest BCUT2D eigenvalue weighted by Crippen LogP contribution is 2.10. The van der Waals surface area contributed by atoms with Crippen LogP contribution in [0.2, 0.25) is 0 Å². The number of carbonyl (C=O) groups excluding carboxylic acids is 1. The zero-order valence-electron chi connectivity index (χ0n) is 12.0. The van der Waals surface area contributed by atoms with Gasteiger partial charge in [-0.05, 0) is 20.0 Å². The van der Waals surface area contributed by atoms with Crippen molar-refractivity contribution in [3.63, 3.8) is 0 Å². The van der Waals surface area contributed by atoms with E-state index in [1.54, 1.807) is 0 Å². The lowest BCUT2D eigenvalue weighted by Crippen LogP contribution is -2.48.